The number of hydrogen-bond donors (Lipinski definition) is 0. The number of hydrogen-bond acceptors (Lipinski definition) is 3. The van der Waals surface area contributed by atoms with Crippen molar-refractivity contribution in [2.45, 2.75) is 6.92 Å². The van der Waals surface area contributed by atoms with Gasteiger partial charge in [0.25, 0.3) is 0 Å². The molecule has 2 aromatic carbocycles. The smallest absolute Gasteiger partial charge is 0.394 e. The second-order valence-corrected chi connectivity index (χ2v) is 6.94. The third kappa shape index (κ3) is 8.78. The molecular weight excluding hydrogens is 555 g/mol. The zero-order chi connectivity index (χ0) is 25.0. The van der Waals surface area contributed by atoms with E-state index in [2.05, 4.69) is 33.3 Å². The van der Waals surface area contributed by atoms with Gasteiger partial charge in [0.15, 0.2) is 0 Å². The van der Waals surface area contributed by atoms with Crippen molar-refractivity contribution in [3.05, 3.63) is 139 Å². The Labute approximate surface area is 219 Å². The minimum atomic E-state index is -0.649. The molecule has 5 aromatic rings. The van der Waals surface area contributed by atoms with E-state index >= 15 is 0 Å². The first-order valence-corrected chi connectivity index (χ1v) is 10.3. The van der Waals surface area contributed by atoms with Gasteiger partial charge in [-0.1, -0.05) is 66.8 Å². The molecule has 5 rings (SSSR count). The summed E-state index contributed by atoms with van der Waals surface area (Å²) >= 11 is 0. The summed E-state index contributed by atoms with van der Waals surface area (Å²) in [5.74, 6) is -2.57. The van der Waals surface area contributed by atoms with Crippen molar-refractivity contribution in [2.75, 3.05) is 0 Å². The van der Waals surface area contributed by atoms with E-state index in [1.807, 2.05) is 19.1 Å². The maximum absolute atomic E-state index is 13.2. The second kappa shape index (κ2) is 14.6. The Morgan fingerprint density at radius 2 is 1.14 bits per heavy atom. The number of rotatable bonds is 2. The number of aryl methyl sites for hydroxylation is 1. The minimum absolute atomic E-state index is 0. The van der Waals surface area contributed by atoms with Crippen LogP contribution in [0.25, 0.3) is 22.5 Å². The number of pyridine rings is 3. The maximum Gasteiger partial charge on any atom is 3.00 e. The molecule has 3 nitrogen and oxygen atoms in total. The summed E-state index contributed by atoms with van der Waals surface area (Å²) in [7, 11) is 0. The van der Waals surface area contributed by atoms with E-state index in [0.29, 0.717) is 11.4 Å². The monoisotopic (exact) mass is 574 g/mol. The van der Waals surface area contributed by atoms with Gasteiger partial charge in [0.2, 0.25) is 0 Å². The number of nitrogens with zero attached hydrogens (tertiary/aromatic N) is 3. The van der Waals surface area contributed by atoms with Gasteiger partial charge >= 0.3 is 19.5 Å². The van der Waals surface area contributed by atoms with Crippen LogP contribution in [-0.2, 0) is 19.5 Å². The molecule has 1 radical (unpaired) electrons. The minimum Gasteiger partial charge on any atom is -0.394 e. The van der Waals surface area contributed by atoms with E-state index in [9.17, 15) is 17.6 Å². The molecule has 0 atom stereocenters. The van der Waals surface area contributed by atoms with Gasteiger partial charge in [0.1, 0.15) is 0 Å². The predicted molar refractivity (Wildman–Crippen MR) is 125 cm³/mol. The molecule has 8 heteroatoms. The molecule has 0 saturated carbocycles. The van der Waals surface area contributed by atoms with Gasteiger partial charge in [-0.2, -0.15) is 12.1 Å². The molecule has 0 bridgehead atoms. The van der Waals surface area contributed by atoms with Crippen LogP contribution in [0.15, 0.2) is 91.4 Å². The van der Waals surface area contributed by atoms with Gasteiger partial charge < -0.3 is 15.0 Å². The first-order chi connectivity index (χ1) is 16.9. The quantitative estimate of drug-likeness (QED) is 0.132. The Balaban J connectivity index is 0.000000198. The topological polar surface area (TPSA) is 38.7 Å². The Morgan fingerprint density at radius 1 is 0.639 bits per heavy atom. The maximum atomic E-state index is 13.2. The third-order valence-electron chi connectivity index (χ3n) is 4.31. The van der Waals surface area contributed by atoms with Crippen LogP contribution in [0.4, 0.5) is 17.6 Å². The van der Waals surface area contributed by atoms with E-state index in [1.165, 1.54) is 0 Å². The van der Waals surface area contributed by atoms with Crippen LogP contribution < -0.4 is 0 Å². The van der Waals surface area contributed by atoms with Crippen molar-refractivity contribution in [3.63, 3.8) is 0 Å². The largest absolute Gasteiger partial charge is 3.00 e. The fraction of sp³-hybridized carbons (Fsp3) is 0.0357. The summed E-state index contributed by atoms with van der Waals surface area (Å²) in [5, 5.41) is 0. The standard InChI is InChI=1S/2C11H6F2N.C6H6N.Ru/c2*12-8-4-5-9(10(13)7-8)11-3-1-2-6-14-11;1-6-3-2-4-7-5-6;/h2*1-4,6-7H;2-4H,1H3;/q3*-1;+3. The fourth-order valence-corrected chi connectivity index (χ4v) is 2.71. The SMILES string of the molecule is Cc1[c-]nccc1.Fc1c[c-]c(-c2ccccn2)c(F)c1.Fc1c[c-]c(-c2ccccn2)c(F)c1.[Ru+3]. The van der Waals surface area contributed by atoms with Crippen molar-refractivity contribution in [3.8, 4) is 22.5 Å². The molecule has 0 saturated heterocycles. The molecule has 0 amide bonds. The Kier molecular flexibility index (Phi) is 11.5. The van der Waals surface area contributed by atoms with E-state index in [4.69, 9.17) is 0 Å². The molecular formula is C28H18F4N3Ru. The Morgan fingerprint density at radius 3 is 1.44 bits per heavy atom. The Bertz CT molecular complexity index is 1250. The van der Waals surface area contributed by atoms with Gasteiger partial charge in [0, 0.05) is 35.7 Å². The molecule has 181 valence electrons. The van der Waals surface area contributed by atoms with Crippen LogP contribution in [0.3, 0.4) is 0 Å². The van der Waals surface area contributed by atoms with Crippen molar-refractivity contribution < 1.29 is 37.0 Å². The molecule has 0 aliphatic heterocycles. The third-order valence-corrected chi connectivity index (χ3v) is 4.31. The number of benzene rings is 2. The zero-order valence-electron chi connectivity index (χ0n) is 18.9. The Hall–Kier alpha value is -3.77. The fourth-order valence-electron chi connectivity index (χ4n) is 2.71. The normalized spacial score (nSPS) is 9.58. The summed E-state index contributed by atoms with van der Waals surface area (Å²) in [4.78, 5) is 11.7. The van der Waals surface area contributed by atoms with Crippen LogP contribution in [0.2, 0.25) is 0 Å². The van der Waals surface area contributed by atoms with Crippen LogP contribution in [0.1, 0.15) is 5.56 Å². The van der Waals surface area contributed by atoms with Crippen molar-refractivity contribution in [1.29, 1.82) is 0 Å². The summed E-state index contributed by atoms with van der Waals surface area (Å²) in [6, 6.07) is 22.9. The van der Waals surface area contributed by atoms with Crippen molar-refractivity contribution in [2.24, 2.45) is 0 Å². The zero-order valence-corrected chi connectivity index (χ0v) is 20.6. The van der Waals surface area contributed by atoms with E-state index in [-0.39, 0.29) is 30.6 Å². The van der Waals surface area contributed by atoms with Crippen LogP contribution in [0.5, 0.6) is 0 Å². The molecule has 3 aromatic heterocycles. The van der Waals surface area contributed by atoms with Gasteiger partial charge in [-0.3, -0.25) is 17.6 Å². The van der Waals surface area contributed by atoms with E-state index in [0.717, 1.165) is 29.8 Å². The molecule has 0 aliphatic carbocycles. The number of halogens is 4. The average Bonchev–Trinajstić information content (AvgIpc) is 2.86. The van der Waals surface area contributed by atoms with Gasteiger partial charge in [-0.15, -0.1) is 29.8 Å². The second-order valence-electron chi connectivity index (χ2n) is 6.94. The summed E-state index contributed by atoms with van der Waals surface area (Å²) in [5.41, 5.74) is 2.36. The van der Waals surface area contributed by atoms with Gasteiger partial charge in [-0.05, 0) is 23.5 Å². The number of aromatic nitrogens is 3. The molecule has 0 fully saturated rings. The molecule has 0 aliphatic rings. The first-order valence-electron chi connectivity index (χ1n) is 10.3. The van der Waals surface area contributed by atoms with Crippen molar-refractivity contribution in [1.82, 2.24) is 15.0 Å². The first kappa shape index (κ1) is 28.5. The van der Waals surface area contributed by atoms with Gasteiger partial charge in [0.05, 0.1) is 0 Å². The molecule has 36 heavy (non-hydrogen) atoms. The summed E-state index contributed by atoms with van der Waals surface area (Å²) < 4.78 is 51.6. The molecule has 0 N–H and O–H groups in total. The predicted octanol–water partition coefficient (Wildman–Crippen LogP) is 6.84. The van der Waals surface area contributed by atoms with Crippen LogP contribution in [-0.4, -0.2) is 15.0 Å². The average molecular weight is 574 g/mol. The van der Waals surface area contributed by atoms with Crippen LogP contribution >= 0.6 is 0 Å². The van der Waals surface area contributed by atoms with Gasteiger partial charge in [-0.25, -0.2) is 0 Å². The van der Waals surface area contributed by atoms with E-state index < -0.39 is 23.3 Å². The summed E-state index contributed by atoms with van der Waals surface area (Å²) in [6.07, 6.45) is 7.59. The van der Waals surface area contributed by atoms with E-state index in [1.54, 1.807) is 55.0 Å². The molecule has 0 spiro atoms. The molecule has 3 heterocycles. The van der Waals surface area contributed by atoms with Crippen LogP contribution in [0, 0.1) is 48.5 Å². The summed E-state index contributed by atoms with van der Waals surface area (Å²) in [6.45, 7) is 1.97. The molecule has 0 unspecified atom stereocenters. The van der Waals surface area contributed by atoms with Crippen molar-refractivity contribution >= 4 is 0 Å².